The summed E-state index contributed by atoms with van der Waals surface area (Å²) in [6, 6.07) is 15.4. The number of aromatic nitrogens is 3. The molecule has 0 spiro atoms. The van der Waals surface area contributed by atoms with E-state index < -0.39 is 6.17 Å². The summed E-state index contributed by atoms with van der Waals surface area (Å²) in [7, 11) is 0. The Morgan fingerprint density at radius 3 is 2.75 bits per heavy atom. The largest absolute Gasteiger partial charge is 0.331 e. The van der Waals surface area contributed by atoms with Gasteiger partial charge in [-0.1, -0.05) is 18.2 Å². The molecule has 142 valence electrons. The van der Waals surface area contributed by atoms with Crippen LogP contribution in [0.4, 0.5) is 5.95 Å². The molecule has 0 saturated heterocycles. The average Bonchev–Trinajstić information content (AvgIpc) is 2.72. The van der Waals surface area contributed by atoms with E-state index in [-0.39, 0.29) is 5.56 Å². The number of nitrogens with one attached hydrogen (secondary N) is 2. The van der Waals surface area contributed by atoms with Crippen LogP contribution in [0.5, 0.6) is 0 Å². The molecule has 1 aromatic carbocycles. The minimum atomic E-state index is -0.393. The van der Waals surface area contributed by atoms with Gasteiger partial charge in [-0.3, -0.25) is 19.7 Å². The third kappa shape index (κ3) is 3.77. The van der Waals surface area contributed by atoms with Gasteiger partial charge in [0.1, 0.15) is 6.17 Å². The summed E-state index contributed by atoms with van der Waals surface area (Å²) in [4.78, 5) is 27.2. The third-order valence-electron chi connectivity index (χ3n) is 4.40. The smallest absolute Gasteiger partial charge is 0.257 e. The standard InChI is InChI=1S/C20H20N6OS/c1-13-11-17(27)26-18(14-6-8-16(28-2)9-7-14)24-19(25-20(26)23-13)22-12-15-5-3-4-10-21-15/h3-11,18H,12H2,1-2H3,(H2,22,23,24,25)/t18-/m1/s1. The maximum atomic E-state index is 12.7. The molecule has 0 aliphatic carbocycles. The van der Waals surface area contributed by atoms with Crippen molar-refractivity contribution < 1.29 is 0 Å². The van der Waals surface area contributed by atoms with Gasteiger partial charge in [0, 0.05) is 22.9 Å². The van der Waals surface area contributed by atoms with Gasteiger partial charge in [0.25, 0.3) is 5.56 Å². The molecule has 0 bridgehead atoms. The number of guanidine groups is 1. The van der Waals surface area contributed by atoms with Crippen LogP contribution < -0.4 is 16.2 Å². The zero-order valence-corrected chi connectivity index (χ0v) is 16.4. The minimum Gasteiger partial charge on any atom is -0.331 e. The van der Waals surface area contributed by atoms with Gasteiger partial charge in [-0.2, -0.15) is 0 Å². The van der Waals surface area contributed by atoms with Gasteiger partial charge in [0.05, 0.1) is 12.2 Å². The average molecular weight is 392 g/mol. The molecule has 0 unspecified atom stereocenters. The Hall–Kier alpha value is -3.13. The van der Waals surface area contributed by atoms with Crippen molar-refractivity contribution in [2.45, 2.75) is 24.5 Å². The SMILES string of the molecule is CSc1ccc([C@@H]2NC(=NCc3ccccn3)Nc3nc(C)cc(=O)n32)cc1. The van der Waals surface area contributed by atoms with Gasteiger partial charge in [-0.05, 0) is 43.0 Å². The van der Waals surface area contributed by atoms with Crippen molar-refractivity contribution in [3.05, 3.63) is 82.0 Å². The molecule has 3 heterocycles. The number of pyridine rings is 1. The summed E-state index contributed by atoms with van der Waals surface area (Å²) < 4.78 is 1.61. The van der Waals surface area contributed by atoms with Crippen LogP contribution in [0.2, 0.25) is 0 Å². The molecule has 7 nitrogen and oxygen atoms in total. The molecule has 3 aromatic rings. The van der Waals surface area contributed by atoms with Gasteiger partial charge in [0.15, 0.2) is 5.96 Å². The van der Waals surface area contributed by atoms with Crippen molar-refractivity contribution in [1.82, 2.24) is 19.9 Å². The van der Waals surface area contributed by atoms with Crippen LogP contribution in [-0.2, 0) is 6.54 Å². The first-order valence-electron chi connectivity index (χ1n) is 8.86. The quantitative estimate of drug-likeness (QED) is 0.664. The first-order chi connectivity index (χ1) is 13.6. The van der Waals surface area contributed by atoms with E-state index in [1.165, 1.54) is 6.07 Å². The number of rotatable bonds is 4. The maximum Gasteiger partial charge on any atom is 0.257 e. The Morgan fingerprint density at radius 1 is 1.21 bits per heavy atom. The van der Waals surface area contributed by atoms with Crippen LogP contribution >= 0.6 is 11.8 Å². The van der Waals surface area contributed by atoms with Crippen molar-refractivity contribution in [3.8, 4) is 0 Å². The van der Waals surface area contributed by atoms with E-state index in [4.69, 9.17) is 0 Å². The lowest BCUT2D eigenvalue weighted by atomic mass is 10.1. The molecule has 0 radical (unpaired) electrons. The molecule has 0 fully saturated rings. The summed E-state index contributed by atoms with van der Waals surface area (Å²) in [6.45, 7) is 2.23. The Kier molecular flexibility index (Phi) is 5.12. The number of aryl methyl sites for hydroxylation is 1. The van der Waals surface area contributed by atoms with E-state index in [0.29, 0.717) is 24.1 Å². The molecule has 2 N–H and O–H groups in total. The van der Waals surface area contributed by atoms with Gasteiger partial charge in [-0.25, -0.2) is 9.98 Å². The summed E-state index contributed by atoms with van der Waals surface area (Å²) in [5, 5.41) is 6.45. The normalized spacial score (nSPS) is 16.9. The summed E-state index contributed by atoms with van der Waals surface area (Å²) in [6.07, 6.45) is 3.38. The maximum absolute atomic E-state index is 12.7. The topological polar surface area (TPSA) is 84.2 Å². The molecule has 1 atom stereocenters. The van der Waals surface area contributed by atoms with E-state index in [2.05, 4.69) is 25.6 Å². The molecule has 8 heteroatoms. The number of fused-ring (bicyclic) bond motifs is 1. The number of hydrogen-bond donors (Lipinski definition) is 2. The number of nitrogens with zero attached hydrogens (tertiary/aromatic N) is 4. The van der Waals surface area contributed by atoms with Gasteiger partial charge in [-0.15, -0.1) is 11.8 Å². The predicted octanol–water partition coefficient (Wildman–Crippen LogP) is 2.79. The number of aliphatic imine (C=N–C) groups is 1. The van der Waals surface area contributed by atoms with Gasteiger partial charge >= 0.3 is 0 Å². The Bertz CT molecular complexity index is 1060. The Morgan fingerprint density at radius 2 is 2.04 bits per heavy atom. The van der Waals surface area contributed by atoms with Crippen LogP contribution in [0.25, 0.3) is 0 Å². The van der Waals surface area contributed by atoms with E-state index in [0.717, 1.165) is 16.2 Å². The minimum absolute atomic E-state index is 0.120. The third-order valence-corrected chi connectivity index (χ3v) is 5.14. The van der Waals surface area contributed by atoms with Crippen molar-refractivity contribution in [3.63, 3.8) is 0 Å². The van der Waals surface area contributed by atoms with Crippen LogP contribution in [0.3, 0.4) is 0 Å². The second-order valence-corrected chi connectivity index (χ2v) is 7.24. The molecule has 1 aliphatic rings. The van der Waals surface area contributed by atoms with Crippen molar-refractivity contribution in [2.75, 3.05) is 11.6 Å². The molecule has 0 amide bonds. The lowest BCUT2D eigenvalue weighted by molar-refractivity contribution is 0.514. The van der Waals surface area contributed by atoms with E-state index >= 15 is 0 Å². The van der Waals surface area contributed by atoms with Gasteiger partial charge in [0.2, 0.25) is 5.95 Å². The van der Waals surface area contributed by atoms with E-state index in [1.807, 2.05) is 48.7 Å². The number of anilines is 1. The fourth-order valence-corrected chi connectivity index (χ4v) is 3.44. The lowest BCUT2D eigenvalue weighted by Gasteiger charge is -2.31. The highest BCUT2D eigenvalue weighted by atomic mass is 32.2. The highest BCUT2D eigenvalue weighted by Gasteiger charge is 2.26. The molecule has 2 aromatic heterocycles. The van der Waals surface area contributed by atoms with Crippen molar-refractivity contribution in [1.29, 1.82) is 0 Å². The molecule has 1 aliphatic heterocycles. The Labute approximate surface area is 167 Å². The second-order valence-electron chi connectivity index (χ2n) is 6.36. The first kappa shape index (κ1) is 18.2. The van der Waals surface area contributed by atoms with Crippen LogP contribution in [0.15, 0.2) is 69.4 Å². The summed E-state index contributed by atoms with van der Waals surface area (Å²) >= 11 is 1.68. The number of hydrogen-bond acceptors (Lipinski definition) is 5. The Balaban J connectivity index is 1.72. The zero-order chi connectivity index (χ0) is 19.5. The number of thioether (sulfide) groups is 1. The van der Waals surface area contributed by atoms with E-state index in [1.54, 1.807) is 29.4 Å². The molecule has 4 rings (SSSR count). The molecule has 0 saturated carbocycles. The monoisotopic (exact) mass is 392 g/mol. The lowest BCUT2D eigenvalue weighted by Crippen LogP contribution is -2.48. The summed E-state index contributed by atoms with van der Waals surface area (Å²) in [5.41, 5.74) is 2.36. The molecule has 28 heavy (non-hydrogen) atoms. The van der Waals surface area contributed by atoms with Crippen molar-refractivity contribution in [2.24, 2.45) is 4.99 Å². The van der Waals surface area contributed by atoms with E-state index in [9.17, 15) is 4.79 Å². The predicted molar refractivity (Wildman–Crippen MR) is 112 cm³/mol. The first-order valence-corrected chi connectivity index (χ1v) is 10.1. The highest BCUT2D eigenvalue weighted by Crippen LogP contribution is 2.24. The fourth-order valence-electron chi connectivity index (χ4n) is 3.04. The second kappa shape index (κ2) is 7.85. The molecular weight excluding hydrogens is 372 g/mol. The fraction of sp³-hybridized carbons (Fsp3) is 0.200. The zero-order valence-electron chi connectivity index (χ0n) is 15.6. The molecular formula is C20H20N6OS. The summed E-state index contributed by atoms with van der Waals surface area (Å²) in [5.74, 6) is 1.03. The highest BCUT2D eigenvalue weighted by molar-refractivity contribution is 7.98. The van der Waals surface area contributed by atoms with Crippen LogP contribution in [0.1, 0.15) is 23.1 Å². The van der Waals surface area contributed by atoms with Crippen LogP contribution in [-0.4, -0.2) is 26.8 Å². The van der Waals surface area contributed by atoms with Crippen molar-refractivity contribution >= 4 is 23.7 Å². The number of benzene rings is 1. The van der Waals surface area contributed by atoms with Gasteiger partial charge < -0.3 is 5.32 Å². The van der Waals surface area contributed by atoms with Crippen LogP contribution in [0, 0.1) is 6.92 Å².